The predicted octanol–water partition coefficient (Wildman–Crippen LogP) is 4.22. The Balaban J connectivity index is 2.63. The van der Waals surface area contributed by atoms with E-state index < -0.39 is 23.6 Å². The van der Waals surface area contributed by atoms with Gasteiger partial charge in [0, 0.05) is 18.1 Å². The monoisotopic (exact) mass is 358 g/mol. The van der Waals surface area contributed by atoms with Crippen molar-refractivity contribution in [2.75, 3.05) is 0 Å². The fraction of sp³-hybridized carbons (Fsp3) is 0.375. The first-order chi connectivity index (χ1) is 11.1. The minimum Gasteiger partial charge on any atom is -0.481 e. The van der Waals surface area contributed by atoms with Crippen LogP contribution in [0, 0.1) is 6.92 Å². The van der Waals surface area contributed by atoms with Gasteiger partial charge in [-0.05, 0) is 31.0 Å². The van der Waals surface area contributed by atoms with Gasteiger partial charge in [0.15, 0.2) is 4.80 Å². The maximum absolute atomic E-state index is 13.4. The van der Waals surface area contributed by atoms with Crippen LogP contribution in [0.15, 0.2) is 29.4 Å². The third-order valence-electron chi connectivity index (χ3n) is 3.58. The van der Waals surface area contributed by atoms with E-state index in [1.54, 1.807) is 24.7 Å². The summed E-state index contributed by atoms with van der Waals surface area (Å²) in [6.45, 7) is 3.47. The summed E-state index contributed by atoms with van der Waals surface area (Å²) in [6.07, 6.45) is -2.62. The van der Waals surface area contributed by atoms with E-state index in [9.17, 15) is 18.0 Å². The van der Waals surface area contributed by atoms with Crippen molar-refractivity contribution >= 4 is 23.0 Å². The summed E-state index contributed by atoms with van der Waals surface area (Å²) in [6, 6.07) is 3.53. The quantitative estimate of drug-likeness (QED) is 0.889. The molecule has 4 nitrogen and oxygen atoms in total. The van der Waals surface area contributed by atoms with E-state index in [-0.39, 0.29) is 17.7 Å². The molecule has 2 aromatic rings. The number of hydrogen-bond acceptors (Lipinski definition) is 3. The summed E-state index contributed by atoms with van der Waals surface area (Å²) in [5.74, 6) is -2.11. The lowest BCUT2D eigenvalue weighted by Gasteiger charge is -2.15. The maximum Gasteiger partial charge on any atom is 0.418 e. The lowest BCUT2D eigenvalue weighted by Crippen LogP contribution is -2.14. The van der Waals surface area contributed by atoms with Crippen LogP contribution in [-0.4, -0.2) is 15.6 Å². The van der Waals surface area contributed by atoms with Gasteiger partial charge >= 0.3 is 12.1 Å². The van der Waals surface area contributed by atoms with Gasteiger partial charge in [-0.3, -0.25) is 4.79 Å². The summed E-state index contributed by atoms with van der Waals surface area (Å²) in [4.78, 5) is 16.7. The van der Waals surface area contributed by atoms with Gasteiger partial charge in [0.2, 0.25) is 0 Å². The van der Waals surface area contributed by atoms with Gasteiger partial charge in [-0.25, -0.2) is 4.99 Å². The molecule has 1 unspecified atom stereocenters. The zero-order chi connectivity index (χ0) is 18.1. The average molecular weight is 358 g/mol. The fourth-order valence-electron chi connectivity index (χ4n) is 2.42. The molecule has 0 amide bonds. The van der Waals surface area contributed by atoms with E-state index in [4.69, 9.17) is 5.11 Å². The van der Waals surface area contributed by atoms with Crippen LogP contribution in [0.2, 0.25) is 0 Å². The van der Waals surface area contributed by atoms with E-state index in [0.29, 0.717) is 4.80 Å². The molecule has 0 aliphatic heterocycles. The van der Waals surface area contributed by atoms with Gasteiger partial charge in [-0.15, -0.1) is 11.3 Å². The van der Waals surface area contributed by atoms with E-state index in [0.717, 1.165) is 10.9 Å². The highest BCUT2D eigenvalue weighted by Gasteiger charge is 2.35. The normalized spacial score (nSPS) is 14.0. The summed E-state index contributed by atoms with van der Waals surface area (Å²) >= 11 is 1.28. The van der Waals surface area contributed by atoms with Crippen molar-refractivity contribution in [2.24, 2.45) is 12.0 Å². The number of aliphatic carboxylic acids is 1. The average Bonchev–Trinajstić information content (AvgIpc) is 2.77. The number of aromatic nitrogens is 1. The number of rotatable bonds is 4. The Hall–Kier alpha value is -2.09. The van der Waals surface area contributed by atoms with Crippen molar-refractivity contribution in [3.63, 3.8) is 0 Å². The number of hydrogen-bond donors (Lipinski definition) is 1. The summed E-state index contributed by atoms with van der Waals surface area (Å²) in [5.41, 5.74) is -1.02. The van der Waals surface area contributed by atoms with Crippen molar-refractivity contribution in [3.8, 4) is 0 Å². The maximum atomic E-state index is 13.4. The third-order valence-corrected chi connectivity index (χ3v) is 4.57. The first kappa shape index (κ1) is 18.3. The minimum atomic E-state index is -4.61. The molecule has 8 heteroatoms. The van der Waals surface area contributed by atoms with E-state index in [1.165, 1.54) is 23.5 Å². The second kappa shape index (κ2) is 6.80. The topological polar surface area (TPSA) is 54.6 Å². The second-order valence-corrected chi connectivity index (χ2v) is 6.63. The number of carbonyl (C=O) groups is 1. The van der Waals surface area contributed by atoms with Gasteiger partial charge in [0.05, 0.1) is 17.2 Å². The Bertz CT molecular complexity index is 821. The molecule has 0 aliphatic carbocycles. The Morgan fingerprint density at radius 2 is 2.08 bits per heavy atom. The molecule has 0 spiro atoms. The van der Waals surface area contributed by atoms with Gasteiger partial charge in [-0.2, -0.15) is 13.2 Å². The van der Waals surface area contributed by atoms with Crippen LogP contribution in [0.1, 0.15) is 35.3 Å². The van der Waals surface area contributed by atoms with Crippen LogP contribution in [0.5, 0.6) is 0 Å². The van der Waals surface area contributed by atoms with Crippen molar-refractivity contribution < 1.29 is 23.1 Å². The number of benzene rings is 1. The lowest BCUT2D eigenvalue weighted by molar-refractivity contribution is -0.140. The molecule has 1 aromatic carbocycles. The number of thiazole rings is 1. The number of nitrogens with zero attached hydrogens (tertiary/aromatic N) is 2. The van der Waals surface area contributed by atoms with Crippen LogP contribution in [0.4, 0.5) is 18.9 Å². The molecule has 0 radical (unpaired) electrons. The molecule has 130 valence electrons. The van der Waals surface area contributed by atoms with Crippen molar-refractivity contribution in [1.29, 1.82) is 0 Å². The molecule has 0 aliphatic rings. The number of carboxylic acids is 1. The molecule has 0 bridgehead atoms. The highest BCUT2D eigenvalue weighted by Crippen LogP contribution is 2.38. The molecular formula is C16H17F3N2O2S. The smallest absolute Gasteiger partial charge is 0.418 e. The Labute approximate surface area is 140 Å². The fourth-order valence-corrected chi connectivity index (χ4v) is 3.26. The van der Waals surface area contributed by atoms with Crippen LogP contribution >= 0.6 is 11.3 Å². The lowest BCUT2D eigenvalue weighted by atomic mass is 9.94. The van der Waals surface area contributed by atoms with Gasteiger partial charge in [0.1, 0.15) is 0 Å². The Kier molecular flexibility index (Phi) is 5.17. The number of aryl methyl sites for hydroxylation is 2. The van der Waals surface area contributed by atoms with Crippen molar-refractivity contribution in [3.05, 3.63) is 45.2 Å². The van der Waals surface area contributed by atoms with Crippen molar-refractivity contribution in [2.45, 2.75) is 32.4 Å². The predicted molar refractivity (Wildman–Crippen MR) is 85.4 cm³/mol. The summed E-state index contributed by atoms with van der Waals surface area (Å²) in [5, 5.41) is 9.16. The highest BCUT2D eigenvalue weighted by molar-refractivity contribution is 7.09. The second-order valence-electron chi connectivity index (χ2n) is 5.42. The minimum absolute atomic E-state index is 0.128. The Morgan fingerprint density at radius 1 is 1.42 bits per heavy atom. The van der Waals surface area contributed by atoms with Gasteiger partial charge < -0.3 is 9.67 Å². The zero-order valence-corrected chi connectivity index (χ0v) is 14.2. The van der Waals surface area contributed by atoms with Crippen LogP contribution in [0.25, 0.3) is 0 Å². The number of halogens is 3. The molecule has 1 atom stereocenters. The standard InChI is InChI=1S/C16H17F3N2O2S/c1-4-11(14(22)23)10-5-6-13(12(7-10)16(17,18)19)20-15-21(3)8-9(2)24-15/h5-8,11H,4H2,1-3H3,(H,22,23)/b20-15-. The number of alkyl halides is 3. The van der Waals surface area contributed by atoms with Crippen molar-refractivity contribution in [1.82, 2.24) is 4.57 Å². The van der Waals surface area contributed by atoms with E-state index >= 15 is 0 Å². The first-order valence-corrected chi connectivity index (χ1v) is 8.07. The third kappa shape index (κ3) is 3.87. The van der Waals surface area contributed by atoms with Crippen LogP contribution in [0.3, 0.4) is 0 Å². The van der Waals surface area contributed by atoms with Gasteiger partial charge in [-0.1, -0.05) is 13.0 Å². The SMILES string of the molecule is CCC(C(=O)O)c1ccc(/N=c2\sc(C)cn2C)c(C(F)(F)F)c1. The largest absolute Gasteiger partial charge is 0.481 e. The van der Waals surface area contributed by atoms with Gasteiger partial charge in [0.25, 0.3) is 0 Å². The molecule has 1 heterocycles. The Morgan fingerprint density at radius 3 is 2.54 bits per heavy atom. The highest BCUT2D eigenvalue weighted by atomic mass is 32.1. The number of carboxylic acid groups (broad SMARTS) is 1. The first-order valence-electron chi connectivity index (χ1n) is 7.25. The molecule has 0 saturated heterocycles. The van der Waals surface area contributed by atoms with E-state index in [2.05, 4.69) is 4.99 Å². The molecular weight excluding hydrogens is 341 g/mol. The molecule has 0 fully saturated rings. The molecule has 1 aromatic heterocycles. The van der Waals surface area contributed by atoms with Crippen LogP contribution in [-0.2, 0) is 18.0 Å². The van der Waals surface area contributed by atoms with Crippen LogP contribution < -0.4 is 4.80 Å². The molecule has 24 heavy (non-hydrogen) atoms. The molecule has 0 saturated carbocycles. The summed E-state index contributed by atoms with van der Waals surface area (Å²) in [7, 11) is 1.71. The van der Waals surface area contributed by atoms with E-state index in [1.807, 2.05) is 6.92 Å². The zero-order valence-electron chi connectivity index (χ0n) is 13.4. The molecule has 1 N–H and O–H groups in total. The summed E-state index contributed by atoms with van der Waals surface area (Å²) < 4.78 is 41.8. The molecule has 2 rings (SSSR count).